The Morgan fingerprint density at radius 3 is 2.58 bits per heavy atom. The molecule has 1 aliphatic heterocycles. The number of amides is 2. The second-order valence-corrected chi connectivity index (χ2v) is 7.34. The molecule has 0 aromatic rings. The van der Waals surface area contributed by atoms with Gasteiger partial charge in [0.2, 0.25) is 11.8 Å². The highest BCUT2D eigenvalue weighted by atomic mass is 32.2. The normalized spacial score (nSPS) is 30.4. The number of carbonyl (C=O) groups is 2. The van der Waals surface area contributed by atoms with Crippen molar-refractivity contribution in [1.29, 1.82) is 0 Å². The summed E-state index contributed by atoms with van der Waals surface area (Å²) in [6.07, 6.45) is 9.23. The first-order chi connectivity index (χ1) is 9.15. The summed E-state index contributed by atoms with van der Waals surface area (Å²) in [7, 11) is 0. The monoisotopic (exact) mass is 282 g/mol. The molecule has 2 aliphatic carbocycles. The van der Waals surface area contributed by atoms with Gasteiger partial charge in [0, 0.05) is 17.3 Å². The number of nitrogens with one attached hydrogen (secondary N) is 1. The zero-order chi connectivity index (χ0) is 13.5. The summed E-state index contributed by atoms with van der Waals surface area (Å²) in [6.45, 7) is 0.857. The Labute approximate surface area is 118 Å². The maximum Gasteiger partial charge on any atom is 0.247 e. The second-order valence-electron chi connectivity index (χ2n) is 6.07. The number of thioether (sulfide) groups is 1. The summed E-state index contributed by atoms with van der Waals surface area (Å²) in [4.78, 5) is 26.0. The molecule has 2 saturated carbocycles. The molecular weight excluding hydrogens is 260 g/mol. The van der Waals surface area contributed by atoms with Crippen molar-refractivity contribution in [3.8, 4) is 0 Å². The van der Waals surface area contributed by atoms with E-state index in [0.717, 1.165) is 32.2 Å². The Balaban J connectivity index is 1.58. The molecule has 1 saturated heterocycles. The fourth-order valence-electron chi connectivity index (χ4n) is 3.26. The second kappa shape index (κ2) is 5.09. The molecular formula is C14H22N2O2S. The van der Waals surface area contributed by atoms with Crippen molar-refractivity contribution in [2.75, 3.05) is 12.8 Å². The molecule has 0 radical (unpaired) electrons. The topological polar surface area (TPSA) is 49.4 Å². The van der Waals surface area contributed by atoms with E-state index in [4.69, 9.17) is 0 Å². The van der Waals surface area contributed by atoms with Crippen LogP contribution in [-0.4, -0.2) is 46.3 Å². The van der Waals surface area contributed by atoms with E-state index < -0.39 is 0 Å². The van der Waals surface area contributed by atoms with Crippen LogP contribution in [0.2, 0.25) is 0 Å². The van der Waals surface area contributed by atoms with Crippen LogP contribution in [0.1, 0.15) is 44.9 Å². The van der Waals surface area contributed by atoms with Crippen LogP contribution in [-0.2, 0) is 9.59 Å². The van der Waals surface area contributed by atoms with E-state index in [-0.39, 0.29) is 23.9 Å². The number of likely N-dealkylation sites (tertiary alicyclic amines) is 1. The Bertz CT molecular complexity index is 389. The first kappa shape index (κ1) is 13.4. The third-order valence-electron chi connectivity index (χ3n) is 4.78. The van der Waals surface area contributed by atoms with Crippen LogP contribution in [0.5, 0.6) is 0 Å². The predicted octanol–water partition coefficient (Wildman–Crippen LogP) is 1.54. The van der Waals surface area contributed by atoms with Gasteiger partial charge in [0.05, 0.1) is 12.5 Å². The SMILES string of the molecule is CSC1(CNC2CC(=O)N(C3CCCC3)C2=O)CC1. The van der Waals surface area contributed by atoms with Crippen molar-refractivity contribution in [2.45, 2.75) is 61.8 Å². The first-order valence-corrected chi connectivity index (χ1v) is 8.52. The molecule has 106 valence electrons. The van der Waals surface area contributed by atoms with E-state index in [2.05, 4.69) is 11.6 Å². The zero-order valence-electron chi connectivity index (χ0n) is 11.5. The third-order valence-corrected chi connectivity index (χ3v) is 6.20. The minimum Gasteiger partial charge on any atom is -0.304 e. The lowest BCUT2D eigenvalue weighted by atomic mass is 10.2. The molecule has 5 heteroatoms. The summed E-state index contributed by atoms with van der Waals surface area (Å²) >= 11 is 1.88. The van der Waals surface area contributed by atoms with Crippen LogP contribution in [0.4, 0.5) is 0 Å². The van der Waals surface area contributed by atoms with Crippen molar-refractivity contribution < 1.29 is 9.59 Å². The van der Waals surface area contributed by atoms with E-state index in [9.17, 15) is 9.59 Å². The maximum atomic E-state index is 12.4. The molecule has 0 aromatic carbocycles. The molecule has 1 N–H and O–H groups in total. The number of nitrogens with zero attached hydrogens (tertiary/aromatic N) is 1. The van der Waals surface area contributed by atoms with Crippen molar-refractivity contribution in [2.24, 2.45) is 0 Å². The largest absolute Gasteiger partial charge is 0.304 e. The Kier molecular flexibility index (Phi) is 3.60. The Morgan fingerprint density at radius 2 is 2.00 bits per heavy atom. The summed E-state index contributed by atoms with van der Waals surface area (Å²) in [5.74, 6) is 0.0530. The van der Waals surface area contributed by atoms with Crippen LogP contribution in [0.3, 0.4) is 0 Å². The van der Waals surface area contributed by atoms with Gasteiger partial charge in [-0.2, -0.15) is 11.8 Å². The van der Waals surface area contributed by atoms with E-state index in [1.54, 1.807) is 4.90 Å². The molecule has 3 rings (SSSR count). The lowest BCUT2D eigenvalue weighted by Gasteiger charge is -2.22. The fourth-order valence-corrected chi connectivity index (χ4v) is 4.00. The summed E-state index contributed by atoms with van der Waals surface area (Å²) in [5.41, 5.74) is 0. The summed E-state index contributed by atoms with van der Waals surface area (Å²) in [5, 5.41) is 3.34. The van der Waals surface area contributed by atoms with Crippen LogP contribution >= 0.6 is 11.8 Å². The lowest BCUT2D eigenvalue weighted by molar-refractivity contribution is -0.141. The van der Waals surface area contributed by atoms with Crippen LogP contribution < -0.4 is 5.32 Å². The average Bonchev–Trinajstić information content (AvgIpc) is 2.88. The van der Waals surface area contributed by atoms with Crippen molar-refractivity contribution in [3.05, 3.63) is 0 Å². The van der Waals surface area contributed by atoms with Gasteiger partial charge in [0.25, 0.3) is 0 Å². The lowest BCUT2D eigenvalue weighted by Crippen LogP contribution is -2.44. The first-order valence-electron chi connectivity index (χ1n) is 7.30. The van der Waals surface area contributed by atoms with Gasteiger partial charge in [-0.3, -0.25) is 14.5 Å². The number of carbonyl (C=O) groups excluding carboxylic acids is 2. The number of rotatable bonds is 5. The number of hydrogen-bond donors (Lipinski definition) is 1. The molecule has 1 atom stereocenters. The Morgan fingerprint density at radius 1 is 1.32 bits per heavy atom. The van der Waals surface area contributed by atoms with Gasteiger partial charge in [-0.25, -0.2) is 0 Å². The smallest absolute Gasteiger partial charge is 0.247 e. The third kappa shape index (κ3) is 2.55. The van der Waals surface area contributed by atoms with Gasteiger partial charge in [-0.05, 0) is 31.9 Å². The minimum atomic E-state index is -0.266. The summed E-state index contributed by atoms with van der Waals surface area (Å²) in [6, 6.07) is -0.0834. The van der Waals surface area contributed by atoms with Gasteiger partial charge in [0.1, 0.15) is 0 Å². The van der Waals surface area contributed by atoms with Crippen molar-refractivity contribution in [3.63, 3.8) is 0 Å². The number of imide groups is 1. The highest BCUT2D eigenvalue weighted by Crippen LogP contribution is 2.46. The van der Waals surface area contributed by atoms with Crippen molar-refractivity contribution >= 4 is 23.6 Å². The quantitative estimate of drug-likeness (QED) is 0.777. The fraction of sp³-hybridized carbons (Fsp3) is 0.857. The molecule has 3 aliphatic rings. The zero-order valence-corrected chi connectivity index (χ0v) is 12.3. The maximum absolute atomic E-state index is 12.4. The van der Waals surface area contributed by atoms with Gasteiger partial charge in [-0.1, -0.05) is 12.8 Å². The van der Waals surface area contributed by atoms with E-state index >= 15 is 0 Å². The van der Waals surface area contributed by atoms with Crippen molar-refractivity contribution in [1.82, 2.24) is 10.2 Å². The minimum absolute atomic E-state index is 0.0220. The molecule has 1 heterocycles. The predicted molar refractivity (Wildman–Crippen MR) is 76.0 cm³/mol. The van der Waals surface area contributed by atoms with Gasteiger partial charge < -0.3 is 5.32 Å². The molecule has 2 amide bonds. The van der Waals surface area contributed by atoms with Crippen LogP contribution in [0.25, 0.3) is 0 Å². The molecule has 19 heavy (non-hydrogen) atoms. The van der Waals surface area contributed by atoms with E-state index in [1.807, 2.05) is 11.8 Å². The van der Waals surface area contributed by atoms with Gasteiger partial charge >= 0.3 is 0 Å². The van der Waals surface area contributed by atoms with Crippen LogP contribution in [0.15, 0.2) is 0 Å². The average molecular weight is 282 g/mol. The number of hydrogen-bond acceptors (Lipinski definition) is 4. The van der Waals surface area contributed by atoms with Crippen LogP contribution in [0, 0.1) is 0 Å². The van der Waals surface area contributed by atoms with E-state index in [1.165, 1.54) is 12.8 Å². The highest BCUT2D eigenvalue weighted by molar-refractivity contribution is 8.00. The van der Waals surface area contributed by atoms with E-state index in [0.29, 0.717) is 11.2 Å². The Hall–Kier alpha value is -0.550. The molecule has 4 nitrogen and oxygen atoms in total. The molecule has 3 fully saturated rings. The van der Waals surface area contributed by atoms with Gasteiger partial charge in [-0.15, -0.1) is 0 Å². The molecule has 0 spiro atoms. The standard InChI is InChI=1S/C14H22N2O2S/c1-19-14(6-7-14)9-15-11-8-12(17)16(13(11)18)10-4-2-3-5-10/h10-11,15H,2-9H2,1H3. The highest BCUT2D eigenvalue weighted by Gasteiger charge is 2.46. The summed E-state index contributed by atoms with van der Waals surface area (Å²) < 4.78 is 0.337. The molecule has 1 unspecified atom stereocenters. The molecule has 0 aromatic heterocycles. The molecule has 0 bridgehead atoms. The van der Waals surface area contributed by atoms with Gasteiger partial charge in [0.15, 0.2) is 0 Å².